The summed E-state index contributed by atoms with van der Waals surface area (Å²) < 4.78 is 7.20. The molecule has 0 amide bonds. The molecule has 2 saturated heterocycles. The van der Waals surface area contributed by atoms with Gasteiger partial charge in [-0.15, -0.1) is 0 Å². The molecule has 33 heavy (non-hydrogen) atoms. The van der Waals surface area contributed by atoms with Gasteiger partial charge in [-0.25, -0.2) is 0 Å². The Morgan fingerprint density at radius 3 is 1.42 bits per heavy atom. The van der Waals surface area contributed by atoms with Crippen LogP contribution in [0.4, 0.5) is 0 Å². The average molecular weight is 445 g/mol. The lowest BCUT2D eigenvalue weighted by molar-refractivity contribution is -0.0575. The first-order valence-electron chi connectivity index (χ1n) is 13.6. The zero-order valence-electron chi connectivity index (χ0n) is 20.0. The molecule has 2 N–H and O–H groups in total. The predicted molar refractivity (Wildman–Crippen MR) is 134 cm³/mol. The molecule has 0 saturated carbocycles. The summed E-state index contributed by atoms with van der Waals surface area (Å²) in [5.74, 6) is 3.19. The maximum atomic E-state index is 7.20. The lowest BCUT2D eigenvalue weighted by Crippen LogP contribution is -2.36. The minimum atomic E-state index is 0.236. The van der Waals surface area contributed by atoms with E-state index < -0.39 is 0 Å². The molecule has 2 aliphatic carbocycles. The number of piperidine rings is 2. The van der Waals surface area contributed by atoms with Crippen LogP contribution in [-0.4, -0.2) is 26.2 Å². The van der Waals surface area contributed by atoms with Gasteiger partial charge >= 0.3 is 0 Å². The fourth-order valence-corrected chi connectivity index (χ4v) is 7.41. The molecule has 0 bridgehead atoms. The van der Waals surface area contributed by atoms with Crippen molar-refractivity contribution in [3.05, 3.63) is 70.8 Å². The number of hydrogen-bond acceptors (Lipinski definition) is 3. The lowest BCUT2D eigenvalue weighted by Gasteiger charge is -2.42. The van der Waals surface area contributed by atoms with Crippen molar-refractivity contribution in [3.8, 4) is 0 Å². The Kier molecular flexibility index (Phi) is 6.55. The molecule has 0 radical (unpaired) electrons. The van der Waals surface area contributed by atoms with Crippen LogP contribution in [0.5, 0.6) is 0 Å². The second-order valence-electron chi connectivity index (χ2n) is 11.1. The van der Waals surface area contributed by atoms with Crippen molar-refractivity contribution in [2.24, 2.45) is 23.7 Å². The largest absolute Gasteiger partial charge is 0.366 e. The van der Waals surface area contributed by atoms with Crippen molar-refractivity contribution in [1.29, 1.82) is 0 Å². The van der Waals surface area contributed by atoms with Crippen molar-refractivity contribution in [1.82, 2.24) is 10.6 Å². The van der Waals surface area contributed by atoms with E-state index >= 15 is 0 Å². The predicted octanol–water partition coefficient (Wildman–Crippen LogP) is 5.61. The van der Waals surface area contributed by atoms with E-state index in [2.05, 4.69) is 59.2 Å². The summed E-state index contributed by atoms with van der Waals surface area (Å²) in [7, 11) is 0. The van der Waals surface area contributed by atoms with Gasteiger partial charge in [0.2, 0.25) is 0 Å². The van der Waals surface area contributed by atoms with Gasteiger partial charge in [-0.05, 0) is 123 Å². The first kappa shape index (κ1) is 21.8. The summed E-state index contributed by atoms with van der Waals surface area (Å²) in [6.07, 6.45) is 10.6. The molecule has 176 valence electrons. The van der Waals surface area contributed by atoms with Crippen LogP contribution in [0.25, 0.3) is 0 Å². The Morgan fingerprint density at radius 2 is 0.970 bits per heavy atom. The van der Waals surface area contributed by atoms with Crippen LogP contribution in [0.2, 0.25) is 0 Å². The molecular weight excluding hydrogens is 404 g/mol. The van der Waals surface area contributed by atoms with Gasteiger partial charge in [0, 0.05) is 0 Å². The van der Waals surface area contributed by atoms with Crippen molar-refractivity contribution in [2.45, 2.75) is 63.6 Å². The molecule has 2 aromatic rings. The zero-order valence-corrected chi connectivity index (χ0v) is 20.0. The number of benzene rings is 2. The number of nitrogens with one attached hydrogen (secondary N) is 2. The third kappa shape index (κ3) is 4.65. The normalized spacial score (nSPS) is 31.0. The SMILES string of the molecule is c1ccc2c(c1)CC(C1CCNCC1)CC2OC1CC(C2CCNCC2)Cc2ccccc21. The number of hydrogen-bond donors (Lipinski definition) is 2. The van der Waals surface area contributed by atoms with Gasteiger partial charge < -0.3 is 15.4 Å². The third-order valence-corrected chi connectivity index (χ3v) is 9.23. The summed E-state index contributed by atoms with van der Waals surface area (Å²) >= 11 is 0. The molecule has 3 nitrogen and oxygen atoms in total. The highest BCUT2D eigenvalue weighted by atomic mass is 16.5. The molecule has 2 aromatic carbocycles. The molecule has 6 rings (SSSR count). The number of ether oxygens (including phenoxy) is 1. The Morgan fingerprint density at radius 1 is 0.545 bits per heavy atom. The second kappa shape index (κ2) is 9.90. The monoisotopic (exact) mass is 444 g/mol. The van der Waals surface area contributed by atoms with Gasteiger partial charge in [-0.1, -0.05) is 48.5 Å². The lowest BCUT2D eigenvalue weighted by atomic mass is 9.71. The van der Waals surface area contributed by atoms with E-state index in [9.17, 15) is 0 Å². The van der Waals surface area contributed by atoms with E-state index in [1.807, 2.05) is 0 Å². The van der Waals surface area contributed by atoms with Crippen molar-refractivity contribution >= 4 is 0 Å². The molecule has 3 heteroatoms. The Hall–Kier alpha value is -1.68. The van der Waals surface area contributed by atoms with Crippen LogP contribution in [-0.2, 0) is 17.6 Å². The topological polar surface area (TPSA) is 33.3 Å². The molecule has 2 aliphatic heterocycles. The molecule has 2 heterocycles. The summed E-state index contributed by atoms with van der Waals surface area (Å²) in [5, 5.41) is 7.12. The van der Waals surface area contributed by atoms with Gasteiger partial charge in [0.1, 0.15) is 0 Å². The van der Waals surface area contributed by atoms with E-state index in [-0.39, 0.29) is 12.2 Å². The van der Waals surface area contributed by atoms with Gasteiger partial charge in [-0.3, -0.25) is 0 Å². The Labute approximate surface area is 199 Å². The van der Waals surface area contributed by atoms with E-state index in [0.29, 0.717) is 0 Å². The van der Waals surface area contributed by atoms with Crippen LogP contribution in [0.1, 0.15) is 73.0 Å². The van der Waals surface area contributed by atoms with Gasteiger partial charge in [0.25, 0.3) is 0 Å². The van der Waals surface area contributed by atoms with Crippen LogP contribution >= 0.6 is 0 Å². The van der Waals surface area contributed by atoms with E-state index in [1.54, 1.807) is 0 Å². The van der Waals surface area contributed by atoms with Crippen molar-refractivity contribution < 1.29 is 4.74 Å². The first-order valence-corrected chi connectivity index (χ1v) is 13.6. The van der Waals surface area contributed by atoms with Gasteiger partial charge in [-0.2, -0.15) is 0 Å². The highest BCUT2D eigenvalue weighted by Crippen LogP contribution is 2.47. The molecule has 0 spiro atoms. The van der Waals surface area contributed by atoms with E-state index in [1.165, 1.54) is 99.8 Å². The Balaban J connectivity index is 1.26. The average Bonchev–Trinajstić information content (AvgIpc) is 2.89. The molecular formula is C30H40N2O. The zero-order chi connectivity index (χ0) is 22.0. The van der Waals surface area contributed by atoms with E-state index in [0.717, 1.165) is 23.7 Å². The first-order chi connectivity index (χ1) is 16.3. The standard InChI is InChI=1S/C30H40N2O/c1-3-7-27-23(5-1)17-25(21-9-13-31-14-10-21)19-29(27)33-30-20-26(22-11-15-32-16-12-22)18-24-6-2-4-8-28(24)30/h1-8,21-22,25-26,29-32H,9-20H2. The van der Waals surface area contributed by atoms with Crippen LogP contribution in [0.3, 0.4) is 0 Å². The minimum Gasteiger partial charge on any atom is -0.366 e. The fraction of sp³-hybridized carbons (Fsp3) is 0.600. The summed E-state index contributed by atoms with van der Waals surface area (Å²) in [5.41, 5.74) is 6.00. The smallest absolute Gasteiger partial charge is 0.0838 e. The summed E-state index contributed by atoms with van der Waals surface area (Å²) in [4.78, 5) is 0. The maximum absolute atomic E-state index is 7.20. The summed E-state index contributed by atoms with van der Waals surface area (Å²) in [6, 6.07) is 18.3. The molecule has 4 atom stereocenters. The van der Waals surface area contributed by atoms with Crippen molar-refractivity contribution in [3.63, 3.8) is 0 Å². The highest BCUT2D eigenvalue weighted by molar-refractivity contribution is 5.34. The van der Waals surface area contributed by atoms with Gasteiger partial charge in [0.05, 0.1) is 12.2 Å². The molecule has 2 fully saturated rings. The second-order valence-corrected chi connectivity index (χ2v) is 11.1. The van der Waals surface area contributed by atoms with Crippen molar-refractivity contribution in [2.75, 3.05) is 26.2 Å². The number of fused-ring (bicyclic) bond motifs is 2. The molecule has 0 aromatic heterocycles. The maximum Gasteiger partial charge on any atom is 0.0838 e. The Bertz CT molecular complexity index is 855. The molecule has 4 unspecified atom stereocenters. The quantitative estimate of drug-likeness (QED) is 0.643. The third-order valence-electron chi connectivity index (χ3n) is 9.23. The van der Waals surface area contributed by atoms with Crippen LogP contribution in [0.15, 0.2) is 48.5 Å². The molecule has 4 aliphatic rings. The van der Waals surface area contributed by atoms with Gasteiger partial charge in [0.15, 0.2) is 0 Å². The number of rotatable bonds is 4. The minimum absolute atomic E-state index is 0.236. The van der Waals surface area contributed by atoms with E-state index in [4.69, 9.17) is 4.74 Å². The summed E-state index contributed by atoms with van der Waals surface area (Å²) in [6.45, 7) is 4.73. The highest BCUT2D eigenvalue weighted by Gasteiger charge is 2.37. The van der Waals surface area contributed by atoms with Crippen LogP contribution < -0.4 is 10.6 Å². The van der Waals surface area contributed by atoms with Crippen LogP contribution in [0, 0.1) is 23.7 Å². The fourth-order valence-electron chi connectivity index (χ4n) is 7.41.